The molecule has 20 heavy (non-hydrogen) atoms. The van der Waals surface area contributed by atoms with Gasteiger partial charge in [0.25, 0.3) is 5.91 Å². The van der Waals surface area contributed by atoms with Crippen LogP contribution in [0.3, 0.4) is 0 Å². The van der Waals surface area contributed by atoms with Crippen LogP contribution in [0.25, 0.3) is 0 Å². The van der Waals surface area contributed by atoms with Gasteiger partial charge in [-0.1, -0.05) is 0 Å². The first-order valence-electron chi connectivity index (χ1n) is 6.06. The molecule has 0 saturated heterocycles. The molecule has 0 saturated carbocycles. The maximum absolute atomic E-state index is 13.4. The summed E-state index contributed by atoms with van der Waals surface area (Å²) in [6.07, 6.45) is 1.54. The van der Waals surface area contributed by atoms with E-state index < -0.39 is 17.5 Å². The Morgan fingerprint density at radius 1 is 1.45 bits per heavy atom. The predicted molar refractivity (Wildman–Crippen MR) is 69.8 cm³/mol. The normalized spacial score (nSPS) is 10.6. The third-order valence-corrected chi connectivity index (χ3v) is 2.78. The van der Waals surface area contributed by atoms with Gasteiger partial charge in [-0.15, -0.1) is 0 Å². The minimum absolute atomic E-state index is 0.0619. The second kappa shape index (κ2) is 5.68. The Kier molecular flexibility index (Phi) is 3.97. The van der Waals surface area contributed by atoms with E-state index in [0.29, 0.717) is 6.54 Å². The summed E-state index contributed by atoms with van der Waals surface area (Å²) in [4.78, 5) is 11.9. The molecule has 7 heteroatoms. The third-order valence-electron chi connectivity index (χ3n) is 2.78. The molecule has 2 aromatic rings. The molecule has 0 atom stereocenters. The quantitative estimate of drug-likeness (QED) is 0.895. The molecule has 1 heterocycles. The fraction of sp³-hybridized carbons (Fsp3) is 0.231. The maximum atomic E-state index is 13.4. The number of amides is 1. The van der Waals surface area contributed by atoms with Gasteiger partial charge in [0.05, 0.1) is 5.69 Å². The molecule has 5 nitrogen and oxygen atoms in total. The highest BCUT2D eigenvalue weighted by molar-refractivity contribution is 5.96. The molecule has 0 aliphatic carbocycles. The standard InChI is InChI=1S/C13H14F2N4O/c1-2-19-7-11(16)12(18-19)13(20)17-6-8-5-9(14)3-4-10(8)15/h3-5,7H,2,6,16H2,1H3,(H,17,20). The van der Waals surface area contributed by atoms with Gasteiger partial charge in [0.2, 0.25) is 0 Å². The maximum Gasteiger partial charge on any atom is 0.274 e. The van der Waals surface area contributed by atoms with E-state index >= 15 is 0 Å². The lowest BCUT2D eigenvalue weighted by molar-refractivity contribution is 0.0945. The van der Waals surface area contributed by atoms with Crippen LogP contribution in [0.15, 0.2) is 24.4 Å². The molecule has 3 N–H and O–H groups in total. The van der Waals surface area contributed by atoms with E-state index in [9.17, 15) is 13.6 Å². The molecule has 0 unspecified atom stereocenters. The van der Waals surface area contributed by atoms with Crippen LogP contribution in [-0.2, 0) is 13.1 Å². The highest BCUT2D eigenvalue weighted by atomic mass is 19.1. The van der Waals surface area contributed by atoms with Crippen LogP contribution in [-0.4, -0.2) is 15.7 Å². The van der Waals surface area contributed by atoms with Crippen LogP contribution < -0.4 is 11.1 Å². The number of nitrogens with one attached hydrogen (secondary N) is 1. The number of aromatic nitrogens is 2. The first-order valence-corrected chi connectivity index (χ1v) is 6.06. The Morgan fingerprint density at radius 3 is 2.85 bits per heavy atom. The van der Waals surface area contributed by atoms with Gasteiger partial charge in [0.1, 0.15) is 11.6 Å². The number of nitrogen functional groups attached to an aromatic ring is 1. The van der Waals surface area contributed by atoms with E-state index in [2.05, 4.69) is 10.4 Å². The van der Waals surface area contributed by atoms with Gasteiger partial charge in [0.15, 0.2) is 5.69 Å². The van der Waals surface area contributed by atoms with Crippen LogP contribution in [0.1, 0.15) is 23.0 Å². The average Bonchev–Trinajstić information content (AvgIpc) is 2.81. The minimum Gasteiger partial charge on any atom is -0.396 e. The molecule has 0 fully saturated rings. The summed E-state index contributed by atoms with van der Waals surface area (Å²) in [5.41, 5.74) is 6.04. The lowest BCUT2D eigenvalue weighted by Gasteiger charge is -2.05. The molecule has 106 valence electrons. The lowest BCUT2D eigenvalue weighted by Crippen LogP contribution is -2.24. The average molecular weight is 280 g/mol. The zero-order chi connectivity index (χ0) is 14.7. The monoisotopic (exact) mass is 280 g/mol. The molecule has 2 rings (SSSR count). The Balaban J connectivity index is 2.08. The number of hydrogen-bond acceptors (Lipinski definition) is 3. The van der Waals surface area contributed by atoms with E-state index in [0.717, 1.165) is 18.2 Å². The van der Waals surface area contributed by atoms with Crippen LogP contribution in [0.4, 0.5) is 14.5 Å². The molecule has 0 aliphatic heterocycles. The van der Waals surface area contributed by atoms with Crippen LogP contribution >= 0.6 is 0 Å². The summed E-state index contributed by atoms with van der Waals surface area (Å²) in [6.45, 7) is 2.30. The Morgan fingerprint density at radius 2 is 2.20 bits per heavy atom. The van der Waals surface area contributed by atoms with Crippen molar-refractivity contribution in [1.82, 2.24) is 15.1 Å². The largest absolute Gasteiger partial charge is 0.396 e. The molecule has 1 aromatic heterocycles. The van der Waals surface area contributed by atoms with Crippen molar-refractivity contribution in [3.63, 3.8) is 0 Å². The molecule has 1 amide bonds. The van der Waals surface area contributed by atoms with Gasteiger partial charge in [-0.25, -0.2) is 8.78 Å². The molecular weight excluding hydrogens is 266 g/mol. The third kappa shape index (κ3) is 2.93. The summed E-state index contributed by atoms with van der Waals surface area (Å²) in [6, 6.07) is 3.06. The van der Waals surface area contributed by atoms with Gasteiger partial charge in [0, 0.05) is 24.8 Å². The van der Waals surface area contributed by atoms with Gasteiger partial charge < -0.3 is 11.1 Å². The second-order valence-corrected chi connectivity index (χ2v) is 4.21. The van der Waals surface area contributed by atoms with Crippen molar-refractivity contribution in [3.8, 4) is 0 Å². The first-order chi connectivity index (χ1) is 9.51. The van der Waals surface area contributed by atoms with Crippen molar-refractivity contribution >= 4 is 11.6 Å². The first kappa shape index (κ1) is 14.0. The van der Waals surface area contributed by atoms with Crippen LogP contribution in [0.2, 0.25) is 0 Å². The predicted octanol–water partition coefficient (Wildman–Crippen LogP) is 1.69. The molecule has 0 spiro atoms. The van der Waals surface area contributed by atoms with Crippen molar-refractivity contribution in [3.05, 3.63) is 47.3 Å². The summed E-state index contributed by atoms with van der Waals surface area (Å²) in [7, 11) is 0. The summed E-state index contributed by atoms with van der Waals surface area (Å²) < 4.78 is 27.9. The lowest BCUT2D eigenvalue weighted by atomic mass is 10.2. The van der Waals surface area contributed by atoms with Gasteiger partial charge in [-0.3, -0.25) is 9.48 Å². The number of hydrogen-bond donors (Lipinski definition) is 2. The van der Waals surface area contributed by atoms with E-state index in [-0.39, 0.29) is 23.5 Å². The van der Waals surface area contributed by atoms with Gasteiger partial charge >= 0.3 is 0 Å². The SMILES string of the molecule is CCn1cc(N)c(C(=O)NCc2cc(F)ccc2F)n1. The number of halogens is 2. The summed E-state index contributed by atoms with van der Waals surface area (Å²) in [5.74, 6) is -1.68. The second-order valence-electron chi connectivity index (χ2n) is 4.21. The number of nitrogens with zero attached hydrogens (tertiary/aromatic N) is 2. The Labute approximate surface area is 114 Å². The molecule has 0 radical (unpaired) electrons. The smallest absolute Gasteiger partial charge is 0.274 e. The van der Waals surface area contributed by atoms with Crippen LogP contribution in [0.5, 0.6) is 0 Å². The number of nitrogens with two attached hydrogens (primary N) is 1. The van der Waals surface area contributed by atoms with E-state index in [1.165, 1.54) is 10.9 Å². The van der Waals surface area contributed by atoms with Crippen molar-refractivity contribution < 1.29 is 13.6 Å². The minimum atomic E-state index is -0.584. The Bertz CT molecular complexity index is 639. The van der Waals surface area contributed by atoms with Gasteiger partial charge in [-0.05, 0) is 25.1 Å². The molecular formula is C13H14F2N4O. The summed E-state index contributed by atoms with van der Waals surface area (Å²) in [5, 5.41) is 6.45. The molecule has 0 bridgehead atoms. The number of carbonyl (C=O) groups excluding carboxylic acids is 1. The molecule has 1 aromatic carbocycles. The topological polar surface area (TPSA) is 72.9 Å². The highest BCUT2D eigenvalue weighted by Crippen LogP contribution is 2.11. The van der Waals surface area contributed by atoms with Crippen LogP contribution in [0, 0.1) is 11.6 Å². The molecule has 0 aliphatic rings. The number of benzene rings is 1. The van der Waals surface area contributed by atoms with E-state index in [1.807, 2.05) is 6.92 Å². The van der Waals surface area contributed by atoms with Crippen molar-refractivity contribution in [2.75, 3.05) is 5.73 Å². The zero-order valence-corrected chi connectivity index (χ0v) is 10.9. The fourth-order valence-corrected chi connectivity index (χ4v) is 1.71. The van der Waals surface area contributed by atoms with Crippen molar-refractivity contribution in [2.24, 2.45) is 0 Å². The summed E-state index contributed by atoms with van der Waals surface area (Å²) >= 11 is 0. The van der Waals surface area contributed by atoms with Crippen molar-refractivity contribution in [2.45, 2.75) is 20.0 Å². The number of aryl methyl sites for hydroxylation is 1. The van der Waals surface area contributed by atoms with E-state index in [4.69, 9.17) is 5.73 Å². The van der Waals surface area contributed by atoms with Gasteiger partial charge in [-0.2, -0.15) is 5.10 Å². The number of anilines is 1. The highest BCUT2D eigenvalue weighted by Gasteiger charge is 2.15. The van der Waals surface area contributed by atoms with Crippen molar-refractivity contribution in [1.29, 1.82) is 0 Å². The van der Waals surface area contributed by atoms with E-state index in [1.54, 1.807) is 0 Å². The fourth-order valence-electron chi connectivity index (χ4n) is 1.71. The Hall–Kier alpha value is -2.44. The number of rotatable bonds is 4. The zero-order valence-electron chi connectivity index (χ0n) is 10.9. The number of carbonyl (C=O) groups is 1.